The van der Waals surface area contributed by atoms with E-state index in [1.165, 1.54) is 6.42 Å². The van der Waals surface area contributed by atoms with E-state index in [1.807, 2.05) is 5.01 Å². The maximum atomic E-state index is 10.0. The first-order valence-corrected chi connectivity index (χ1v) is 5.22. The molecule has 1 saturated heterocycles. The standard InChI is InChI=1S/C5H12N2.C5H11NO2/c1-2-5-3-7(6)4-5;1-5(2,3)8-4(6)7/h5H,2-4,6H2,1H3;1-3H3,(H2,6,7). The molecular weight excluding hydrogens is 194 g/mol. The van der Waals surface area contributed by atoms with Gasteiger partial charge in [0.15, 0.2) is 0 Å². The Hall–Kier alpha value is -0.810. The molecule has 0 saturated carbocycles. The van der Waals surface area contributed by atoms with Crippen LogP contribution in [0.4, 0.5) is 4.79 Å². The molecule has 4 N–H and O–H groups in total. The lowest BCUT2D eigenvalue weighted by Crippen LogP contribution is -2.50. The molecule has 0 aliphatic carbocycles. The molecule has 1 heterocycles. The molecule has 0 aromatic carbocycles. The molecule has 0 aromatic heterocycles. The number of nitrogens with two attached hydrogens (primary N) is 2. The fourth-order valence-corrected chi connectivity index (χ4v) is 1.17. The largest absolute Gasteiger partial charge is 0.444 e. The summed E-state index contributed by atoms with van der Waals surface area (Å²) in [5.74, 6) is 6.27. The Morgan fingerprint density at radius 3 is 2.00 bits per heavy atom. The molecule has 1 aliphatic heterocycles. The third-order valence-corrected chi connectivity index (χ3v) is 1.97. The quantitative estimate of drug-likeness (QED) is 0.644. The number of hydrazine groups is 1. The number of nitrogens with zero attached hydrogens (tertiary/aromatic N) is 1. The van der Waals surface area contributed by atoms with Gasteiger partial charge in [-0.05, 0) is 26.7 Å². The molecule has 1 fully saturated rings. The molecule has 0 bridgehead atoms. The second-order valence-corrected chi connectivity index (χ2v) is 4.76. The topological polar surface area (TPSA) is 81.6 Å². The number of ether oxygens (including phenoxy) is 1. The van der Waals surface area contributed by atoms with Crippen molar-refractivity contribution in [2.24, 2.45) is 17.5 Å². The van der Waals surface area contributed by atoms with Crippen molar-refractivity contribution in [3.63, 3.8) is 0 Å². The number of rotatable bonds is 1. The smallest absolute Gasteiger partial charge is 0.405 e. The summed E-state index contributed by atoms with van der Waals surface area (Å²) in [6.07, 6.45) is 0.561. The molecule has 1 rings (SSSR count). The molecule has 5 nitrogen and oxygen atoms in total. The fraction of sp³-hybridized carbons (Fsp3) is 0.900. The summed E-state index contributed by atoms with van der Waals surface area (Å²) >= 11 is 0. The van der Waals surface area contributed by atoms with Crippen LogP contribution in [0, 0.1) is 5.92 Å². The minimum absolute atomic E-state index is 0.453. The summed E-state index contributed by atoms with van der Waals surface area (Å²) < 4.78 is 4.58. The number of amides is 1. The van der Waals surface area contributed by atoms with Gasteiger partial charge in [0.1, 0.15) is 5.60 Å². The average Bonchev–Trinajstić information content (AvgIpc) is 1.94. The van der Waals surface area contributed by atoms with Crippen molar-refractivity contribution in [3.8, 4) is 0 Å². The molecule has 0 spiro atoms. The van der Waals surface area contributed by atoms with Gasteiger partial charge in [0.05, 0.1) is 0 Å². The summed E-state index contributed by atoms with van der Waals surface area (Å²) in [6.45, 7) is 9.71. The van der Waals surface area contributed by atoms with Crippen molar-refractivity contribution in [2.75, 3.05) is 13.1 Å². The van der Waals surface area contributed by atoms with Gasteiger partial charge >= 0.3 is 6.09 Å². The molecule has 0 atom stereocenters. The van der Waals surface area contributed by atoms with Crippen LogP contribution in [0.15, 0.2) is 0 Å². The highest BCUT2D eigenvalue weighted by molar-refractivity contribution is 5.65. The molecule has 0 aromatic rings. The predicted molar refractivity (Wildman–Crippen MR) is 60.0 cm³/mol. The van der Waals surface area contributed by atoms with Gasteiger partial charge in [-0.3, -0.25) is 5.84 Å². The van der Waals surface area contributed by atoms with Crippen LogP contribution in [-0.2, 0) is 4.74 Å². The van der Waals surface area contributed by atoms with Crippen LogP contribution in [0.3, 0.4) is 0 Å². The number of primary amides is 1. The zero-order valence-corrected chi connectivity index (χ0v) is 10.1. The minimum Gasteiger partial charge on any atom is -0.444 e. The van der Waals surface area contributed by atoms with Gasteiger partial charge < -0.3 is 10.5 Å². The van der Waals surface area contributed by atoms with Gasteiger partial charge in [-0.15, -0.1) is 0 Å². The molecule has 1 aliphatic rings. The summed E-state index contributed by atoms with van der Waals surface area (Å²) in [5.41, 5.74) is 4.26. The zero-order chi connectivity index (χ0) is 12.1. The van der Waals surface area contributed by atoms with E-state index in [1.54, 1.807) is 20.8 Å². The molecule has 5 heteroatoms. The van der Waals surface area contributed by atoms with Crippen molar-refractivity contribution in [1.29, 1.82) is 0 Å². The SMILES string of the molecule is CC(C)(C)OC(N)=O.CCC1CN(N)C1. The van der Waals surface area contributed by atoms with E-state index in [9.17, 15) is 4.79 Å². The Balaban J connectivity index is 0.000000262. The maximum Gasteiger partial charge on any atom is 0.405 e. The van der Waals surface area contributed by atoms with E-state index in [-0.39, 0.29) is 0 Å². The summed E-state index contributed by atoms with van der Waals surface area (Å²) in [5, 5.41) is 1.86. The Bertz CT molecular complexity index is 195. The molecule has 15 heavy (non-hydrogen) atoms. The average molecular weight is 217 g/mol. The highest BCUT2D eigenvalue weighted by atomic mass is 16.6. The highest BCUT2D eigenvalue weighted by Gasteiger charge is 2.20. The molecule has 1 amide bonds. The van der Waals surface area contributed by atoms with Crippen LogP contribution in [0.2, 0.25) is 0 Å². The van der Waals surface area contributed by atoms with Crippen LogP contribution >= 0.6 is 0 Å². The Morgan fingerprint density at radius 1 is 1.47 bits per heavy atom. The van der Waals surface area contributed by atoms with Gasteiger partial charge in [0.2, 0.25) is 0 Å². The van der Waals surface area contributed by atoms with E-state index in [0.29, 0.717) is 0 Å². The Kier molecular flexibility index (Phi) is 5.60. The lowest BCUT2D eigenvalue weighted by Gasteiger charge is -2.34. The summed E-state index contributed by atoms with van der Waals surface area (Å²) in [7, 11) is 0. The monoisotopic (exact) mass is 217 g/mol. The second kappa shape index (κ2) is 5.92. The van der Waals surface area contributed by atoms with E-state index in [4.69, 9.17) is 11.6 Å². The molecule has 0 unspecified atom stereocenters. The first kappa shape index (κ1) is 14.2. The van der Waals surface area contributed by atoms with E-state index < -0.39 is 11.7 Å². The van der Waals surface area contributed by atoms with Gasteiger partial charge in [-0.1, -0.05) is 13.3 Å². The number of hydrogen-bond donors (Lipinski definition) is 2. The molecule has 90 valence electrons. The lowest BCUT2D eigenvalue weighted by atomic mass is 10.0. The van der Waals surface area contributed by atoms with Crippen molar-refractivity contribution in [2.45, 2.75) is 39.7 Å². The predicted octanol–water partition coefficient (Wildman–Crippen LogP) is 1.08. The van der Waals surface area contributed by atoms with E-state index >= 15 is 0 Å². The fourth-order valence-electron chi connectivity index (χ4n) is 1.17. The zero-order valence-electron chi connectivity index (χ0n) is 10.1. The van der Waals surface area contributed by atoms with E-state index in [2.05, 4.69) is 11.7 Å². The maximum absolute atomic E-state index is 10.0. The van der Waals surface area contributed by atoms with Crippen LogP contribution in [-0.4, -0.2) is 29.8 Å². The Labute approximate surface area is 91.7 Å². The molecular formula is C10H23N3O2. The summed E-state index contributed by atoms with van der Waals surface area (Å²) in [6, 6.07) is 0. The van der Waals surface area contributed by atoms with Crippen molar-refractivity contribution < 1.29 is 9.53 Å². The minimum atomic E-state index is -0.725. The van der Waals surface area contributed by atoms with Crippen molar-refractivity contribution in [1.82, 2.24) is 5.01 Å². The van der Waals surface area contributed by atoms with Gasteiger partial charge in [-0.2, -0.15) is 0 Å². The third kappa shape index (κ3) is 8.20. The van der Waals surface area contributed by atoms with Gasteiger partial charge in [0.25, 0.3) is 0 Å². The number of hydrogen-bond acceptors (Lipinski definition) is 4. The second-order valence-electron chi connectivity index (χ2n) is 4.76. The third-order valence-electron chi connectivity index (χ3n) is 1.97. The Morgan fingerprint density at radius 2 is 1.93 bits per heavy atom. The normalized spacial score (nSPS) is 17.4. The van der Waals surface area contributed by atoms with Crippen molar-refractivity contribution in [3.05, 3.63) is 0 Å². The highest BCUT2D eigenvalue weighted by Crippen LogP contribution is 2.13. The van der Waals surface area contributed by atoms with Crippen LogP contribution < -0.4 is 11.6 Å². The van der Waals surface area contributed by atoms with Gasteiger partial charge in [0, 0.05) is 13.1 Å². The lowest BCUT2D eigenvalue weighted by molar-refractivity contribution is 0.0600. The van der Waals surface area contributed by atoms with Crippen LogP contribution in [0.25, 0.3) is 0 Å². The first-order valence-electron chi connectivity index (χ1n) is 5.22. The molecule has 0 radical (unpaired) electrons. The number of carbonyl (C=O) groups excluding carboxylic acids is 1. The van der Waals surface area contributed by atoms with Crippen LogP contribution in [0.5, 0.6) is 0 Å². The van der Waals surface area contributed by atoms with Gasteiger partial charge in [-0.25, -0.2) is 9.80 Å². The number of carbonyl (C=O) groups is 1. The van der Waals surface area contributed by atoms with Crippen LogP contribution in [0.1, 0.15) is 34.1 Å². The van der Waals surface area contributed by atoms with E-state index in [0.717, 1.165) is 19.0 Å². The first-order chi connectivity index (χ1) is 6.74. The van der Waals surface area contributed by atoms with Crippen molar-refractivity contribution >= 4 is 6.09 Å². The summed E-state index contributed by atoms with van der Waals surface area (Å²) in [4.78, 5) is 10.0.